The number of carbonyl (C=O) groups excluding carboxylic acids is 1. The molecule has 4 nitrogen and oxygen atoms in total. The maximum absolute atomic E-state index is 11.4. The van der Waals surface area contributed by atoms with Crippen molar-refractivity contribution in [1.29, 1.82) is 5.26 Å². The first-order chi connectivity index (χ1) is 17.3. The molecular formula is C32H57NO3. The predicted molar refractivity (Wildman–Crippen MR) is 154 cm³/mol. The number of hydrogen-bond donors (Lipinski definition) is 1. The smallest absolute Gasteiger partial charge is 0.308 e. The number of unbranched alkanes of at least 4 members (excludes halogenated alkanes) is 9. The van der Waals surface area contributed by atoms with E-state index in [1.165, 1.54) is 63.4 Å². The quantitative estimate of drug-likeness (QED) is 0.180. The molecule has 0 saturated heterocycles. The molecule has 0 spiro atoms. The van der Waals surface area contributed by atoms with Crippen molar-refractivity contribution in [3.63, 3.8) is 0 Å². The molecule has 0 aromatic heterocycles. The first kappa shape index (κ1) is 36.1. The molecule has 208 valence electrons. The molecule has 0 saturated carbocycles. The fourth-order valence-corrected chi connectivity index (χ4v) is 3.20. The van der Waals surface area contributed by atoms with Crippen LogP contribution in [-0.4, -0.2) is 17.7 Å². The number of nitrogens with zero attached hydrogens (tertiary/aromatic N) is 1. The largest absolute Gasteiger partial charge is 0.508 e. The third-order valence-electron chi connectivity index (χ3n) is 6.66. The molecule has 0 radical (unpaired) electrons. The van der Waals surface area contributed by atoms with Gasteiger partial charge in [0.15, 0.2) is 0 Å². The van der Waals surface area contributed by atoms with Crippen molar-refractivity contribution in [1.82, 2.24) is 0 Å². The van der Waals surface area contributed by atoms with Crippen molar-refractivity contribution in [2.45, 2.75) is 138 Å². The summed E-state index contributed by atoms with van der Waals surface area (Å²) in [7, 11) is 0. The first-order valence-corrected chi connectivity index (χ1v) is 14.6. The number of aromatic hydroxyl groups is 1. The number of phenols is 1. The zero-order valence-corrected chi connectivity index (χ0v) is 24.7. The van der Waals surface area contributed by atoms with Crippen molar-refractivity contribution in [2.75, 3.05) is 6.61 Å². The fraction of sp³-hybridized carbons (Fsp3) is 0.750. The number of benzene rings is 1. The molecule has 1 aromatic rings. The molecule has 0 aliphatic heterocycles. The number of phenolic OH excluding ortho intramolecular Hbond substituents is 1. The van der Waals surface area contributed by atoms with Crippen LogP contribution in [0.3, 0.4) is 0 Å². The van der Waals surface area contributed by atoms with Crippen LogP contribution < -0.4 is 0 Å². The van der Waals surface area contributed by atoms with Gasteiger partial charge in [-0.1, -0.05) is 111 Å². The summed E-state index contributed by atoms with van der Waals surface area (Å²) in [5, 5.41) is 17.1. The Hall–Kier alpha value is -2.02. The van der Waals surface area contributed by atoms with Gasteiger partial charge >= 0.3 is 5.97 Å². The van der Waals surface area contributed by atoms with Crippen molar-refractivity contribution in [2.24, 2.45) is 11.8 Å². The number of carbonyl (C=O) groups is 1. The van der Waals surface area contributed by atoms with Crippen molar-refractivity contribution in [3.8, 4) is 11.8 Å². The lowest BCUT2D eigenvalue weighted by atomic mass is 9.99. The number of esters is 1. The number of ether oxygens (including phenoxy) is 1. The lowest BCUT2D eigenvalue weighted by molar-refractivity contribution is -0.148. The van der Waals surface area contributed by atoms with E-state index in [1.54, 1.807) is 12.1 Å². The molecule has 4 heteroatoms. The highest BCUT2D eigenvalue weighted by molar-refractivity contribution is 5.71. The summed E-state index contributed by atoms with van der Waals surface area (Å²) >= 11 is 0. The van der Waals surface area contributed by atoms with Crippen molar-refractivity contribution >= 4 is 5.97 Å². The number of nitriles is 1. The van der Waals surface area contributed by atoms with E-state index in [9.17, 15) is 4.79 Å². The molecule has 1 N–H and O–H groups in total. The summed E-state index contributed by atoms with van der Waals surface area (Å²) in [6.07, 6.45) is 16.1. The Bertz CT molecular complexity index is 650. The Morgan fingerprint density at radius 1 is 0.806 bits per heavy atom. The summed E-state index contributed by atoms with van der Waals surface area (Å²) in [4.78, 5) is 11.4. The highest BCUT2D eigenvalue weighted by Crippen LogP contribution is 2.20. The second-order valence-corrected chi connectivity index (χ2v) is 10.00. The molecule has 36 heavy (non-hydrogen) atoms. The van der Waals surface area contributed by atoms with Crippen LogP contribution in [0, 0.1) is 23.2 Å². The minimum absolute atomic E-state index is 0.0292. The summed E-state index contributed by atoms with van der Waals surface area (Å²) in [5.74, 6) is 1.21. The van der Waals surface area contributed by atoms with Gasteiger partial charge < -0.3 is 9.84 Å². The summed E-state index contributed by atoms with van der Waals surface area (Å²) in [6.45, 7) is 15.1. The number of hydrogen-bond acceptors (Lipinski definition) is 4. The van der Waals surface area contributed by atoms with E-state index in [4.69, 9.17) is 15.1 Å². The van der Waals surface area contributed by atoms with Crippen LogP contribution in [0.4, 0.5) is 0 Å². The lowest BCUT2D eigenvalue weighted by Gasteiger charge is -2.08. The molecule has 0 amide bonds. The van der Waals surface area contributed by atoms with Crippen LogP contribution >= 0.6 is 0 Å². The molecule has 1 rings (SSSR count). The highest BCUT2D eigenvalue weighted by atomic mass is 16.5. The van der Waals surface area contributed by atoms with Crippen LogP contribution in [0.2, 0.25) is 0 Å². The van der Waals surface area contributed by atoms with Crippen LogP contribution in [-0.2, 0) is 9.53 Å². The van der Waals surface area contributed by atoms with Gasteiger partial charge in [-0.05, 0) is 56.2 Å². The molecule has 0 aliphatic rings. The normalized spacial score (nSPS) is 12.6. The van der Waals surface area contributed by atoms with Crippen LogP contribution in [0.25, 0.3) is 0 Å². The second-order valence-electron chi connectivity index (χ2n) is 10.00. The average Bonchev–Trinajstić information content (AvgIpc) is 2.91. The Kier molecular flexibility index (Phi) is 26.2. The average molecular weight is 504 g/mol. The maximum atomic E-state index is 11.4. The van der Waals surface area contributed by atoms with Crippen molar-refractivity contribution in [3.05, 3.63) is 29.8 Å². The van der Waals surface area contributed by atoms with E-state index < -0.39 is 0 Å². The minimum Gasteiger partial charge on any atom is -0.508 e. The van der Waals surface area contributed by atoms with Crippen LogP contribution in [0.5, 0.6) is 5.75 Å². The van der Waals surface area contributed by atoms with Gasteiger partial charge in [0, 0.05) is 5.92 Å². The SMILES string of the molecule is CCC(C)C#N.CCC(C)c1ccc(O)cc1.CCCCCCCCCCCCOC(=O)C(C)CC. The van der Waals surface area contributed by atoms with Gasteiger partial charge in [0.25, 0.3) is 0 Å². The Labute approximate surface area is 223 Å². The van der Waals surface area contributed by atoms with Gasteiger partial charge in [-0.25, -0.2) is 0 Å². The first-order valence-electron chi connectivity index (χ1n) is 14.6. The topological polar surface area (TPSA) is 70.3 Å². The van der Waals surface area contributed by atoms with Crippen LogP contribution in [0.1, 0.15) is 143 Å². The summed E-state index contributed by atoms with van der Waals surface area (Å²) < 4.78 is 5.23. The van der Waals surface area contributed by atoms with E-state index in [0.29, 0.717) is 18.3 Å². The third-order valence-corrected chi connectivity index (χ3v) is 6.66. The monoisotopic (exact) mass is 503 g/mol. The van der Waals surface area contributed by atoms with Crippen molar-refractivity contribution < 1.29 is 14.6 Å². The second kappa shape index (κ2) is 26.1. The Morgan fingerprint density at radius 2 is 1.31 bits per heavy atom. The van der Waals surface area contributed by atoms with Gasteiger partial charge in [-0.3, -0.25) is 4.79 Å². The predicted octanol–water partition coefficient (Wildman–Crippen LogP) is 9.96. The van der Waals surface area contributed by atoms with E-state index >= 15 is 0 Å². The zero-order chi connectivity index (χ0) is 27.6. The van der Waals surface area contributed by atoms with Gasteiger partial charge in [-0.2, -0.15) is 5.26 Å². The van der Waals surface area contributed by atoms with Gasteiger partial charge in [0.1, 0.15) is 5.75 Å². The van der Waals surface area contributed by atoms with Crippen LogP contribution in [0.15, 0.2) is 24.3 Å². The minimum atomic E-state index is -0.0292. The van der Waals surface area contributed by atoms with E-state index in [-0.39, 0.29) is 17.8 Å². The van der Waals surface area contributed by atoms with E-state index in [0.717, 1.165) is 25.7 Å². The molecular weight excluding hydrogens is 446 g/mol. The molecule has 1 aromatic carbocycles. The van der Waals surface area contributed by atoms with E-state index in [1.807, 2.05) is 39.8 Å². The zero-order valence-electron chi connectivity index (χ0n) is 24.7. The number of rotatable bonds is 16. The Morgan fingerprint density at radius 3 is 1.69 bits per heavy atom. The highest BCUT2D eigenvalue weighted by Gasteiger charge is 2.10. The molecule has 0 fully saturated rings. The molecule has 0 bridgehead atoms. The lowest BCUT2D eigenvalue weighted by Crippen LogP contribution is -2.14. The van der Waals surface area contributed by atoms with Gasteiger partial charge in [0.2, 0.25) is 0 Å². The molecule has 3 unspecified atom stereocenters. The molecule has 0 aliphatic carbocycles. The standard InChI is InChI=1S/C17H34O2.C10H14O.C5H9N/c1-4-6-7-8-9-10-11-12-13-14-15-19-17(18)16(3)5-2;1-3-8(2)9-4-6-10(11)7-5-9;1-3-5(2)4-6/h16H,4-15H2,1-3H3;4-8,11H,3H2,1-2H3;5H,3H2,1-2H3. The third kappa shape index (κ3) is 22.4. The molecule has 3 atom stereocenters. The molecule has 0 heterocycles. The summed E-state index contributed by atoms with van der Waals surface area (Å²) in [5.41, 5.74) is 1.30. The Balaban J connectivity index is 0. The maximum Gasteiger partial charge on any atom is 0.308 e. The van der Waals surface area contributed by atoms with Gasteiger partial charge in [0.05, 0.1) is 18.6 Å². The summed E-state index contributed by atoms with van der Waals surface area (Å²) in [6, 6.07) is 9.54. The van der Waals surface area contributed by atoms with Gasteiger partial charge in [-0.15, -0.1) is 0 Å². The van der Waals surface area contributed by atoms with E-state index in [2.05, 4.69) is 26.8 Å². The fourth-order valence-electron chi connectivity index (χ4n) is 3.20.